The number of hydrogen-bond donors (Lipinski definition) is 6. The van der Waals surface area contributed by atoms with Gasteiger partial charge >= 0.3 is 13.9 Å². The first-order valence-electron chi connectivity index (χ1n) is 12.4. The average Bonchev–Trinajstić information content (AvgIpc) is 3.38. The third kappa shape index (κ3) is 9.72. The van der Waals surface area contributed by atoms with E-state index in [2.05, 4.69) is 25.8 Å². The number of anilines is 1. The first kappa shape index (κ1) is 30.1. The summed E-state index contributed by atoms with van der Waals surface area (Å²) in [5.41, 5.74) is -0.681. The maximum absolute atomic E-state index is 13.2. The maximum atomic E-state index is 13.2. The Balaban J connectivity index is 1.23. The van der Waals surface area contributed by atoms with Crippen LogP contribution in [0.1, 0.15) is 63.4 Å². The molecule has 2 fully saturated rings. The topological polar surface area (TPSA) is 166 Å². The number of carbonyl (C=O) groups is 3. The lowest BCUT2D eigenvalue weighted by Gasteiger charge is -2.16. The van der Waals surface area contributed by atoms with Crippen LogP contribution in [0.4, 0.5) is 19.3 Å². The summed E-state index contributed by atoms with van der Waals surface area (Å²) < 4.78 is 41.6. The fourth-order valence-corrected chi connectivity index (χ4v) is 6.38. The number of amides is 4. The smallest absolute Gasteiger partial charge is 0.404 e. The second-order valence-electron chi connectivity index (χ2n) is 9.21. The normalized spacial score (nSPS) is 20.6. The van der Waals surface area contributed by atoms with E-state index in [9.17, 15) is 27.7 Å². The highest BCUT2D eigenvalue weighted by Crippen LogP contribution is 2.42. The molecule has 0 spiro atoms. The molecule has 0 saturated carbocycles. The molecule has 38 heavy (non-hydrogen) atoms. The quantitative estimate of drug-likeness (QED) is 0.105. The van der Waals surface area contributed by atoms with Crippen LogP contribution in [-0.4, -0.2) is 57.3 Å². The zero-order valence-electron chi connectivity index (χ0n) is 20.7. The van der Waals surface area contributed by atoms with Gasteiger partial charge in [-0.2, -0.15) is 11.8 Å². The zero-order valence-corrected chi connectivity index (χ0v) is 22.4. The molecule has 3 atom stereocenters. The molecule has 2 aliphatic rings. The number of thioether (sulfide) groups is 1. The Labute approximate surface area is 223 Å². The number of rotatable bonds is 15. The molecule has 0 radical (unpaired) electrons. The average molecular weight is 579 g/mol. The van der Waals surface area contributed by atoms with Crippen molar-refractivity contribution in [2.24, 2.45) is 0 Å². The Kier molecular flexibility index (Phi) is 11.2. The van der Waals surface area contributed by atoms with Crippen LogP contribution in [0.3, 0.4) is 0 Å². The molecule has 2 saturated heterocycles. The number of unbranched alkanes of at least 4 members (excludes halogenated alkanes) is 3. The summed E-state index contributed by atoms with van der Waals surface area (Å²) in [6.45, 7) is 0.499. The lowest BCUT2D eigenvalue weighted by molar-refractivity contribution is -0.121. The highest BCUT2D eigenvalue weighted by Gasteiger charge is 2.42. The molecule has 1 aromatic carbocycles. The summed E-state index contributed by atoms with van der Waals surface area (Å²) in [6, 6.07) is 3.38. The molecular weight excluding hydrogens is 545 g/mol. The summed E-state index contributed by atoms with van der Waals surface area (Å²) in [7, 11) is -5.01. The molecule has 1 aromatic rings. The maximum Gasteiger partial charge on any atom is 0.524 e. The van der Waals surface area contributed by atoms with Gasteiger partial charge in [-0.25, -0.2) is 18.1 Å². The van der Waals surface area contributed by atoms with Crippen molar-refractivity contribution >= 4 is 43.1 Å². The van der Waals surface area contributed by atoms with Crippen molar-refractivity contribution in [3.8, 4) is 5.75 Å². The van der Waals surface area contributed by atoms with Gasteiger partial charge in [0, 0.05) is 36.1 Å². The molecule has 6 N–H and O–H groups in total. The number of alkyl halides is 2. The molecule has 2 aliphatic heterocycles. The zero-order chi connectivity index (χ0) is 27.7. The predicted octanol–water partition coefficient (Wildman–Crippen LogP) is 3.44. The predicted molar refractivity (Wildman–Crippen MR) is 138 cm³/mol. The largest absolute Gasteiger partial charge is 0.524 e. The lowest BCUT2D eigenvalue weighted by Crippen LogP contribution is -2.36. The minimum absolute atomic E-state index is 0.0171. The molecule has 2 heterocycles. The van der Waals surface area contributed by atoms with Gasteiger partial charge in [0.05, 0.1) is 17.6 Å². The van der Waals surface area contributed by atoms with E-state index in [0.717, 1.165) is 37.1 Å². The minimum atomic E-state index is -5.01. The summed E-state index contributed by atoms with van der Waals surface area (Å²) in [5.74, 6) is -0.148. The van der Waals surface area contributed by atoms with Gasteiger partial charge < -0.3 is 25.8 Å². The third-order valence-electron chi connectivity index (χ3n) is 6.23. The van der Waals surface area contributed by atoms with Crippen LogP contribution in [0.5, 0.6) is 5.75 Å². The monoisotopic (exact) mass is 578 g/mol. The second kappa shape index (κ2) is 14.1. The summed E-state index contributed by atoms with van der Waals surface area (Å²) >= 11 is 1.86. The second-order valence-corrected chi connectivity index (χ2v) is 11.6. The number of fused-ring (bicyclic) bond motifs is 1. The third-order valence-corrected chi connectivity index (χ3v) is 8.17. The molecule has 4 amide bonds. The van der Waals surface area contributed by atoms with Crippen LogP contribution in [0, 0.1) is 0 Å². The van der Waals surface area contributed by atoms with Crippen LogP contribution < -0.4 is 25.8 Å². The number of hydrogen-bond acceptors (Lipinski definition) is 6. The molecule has 15 heteroatoms. The number of halogens is 2. The van der Waals surface area contributed by atoms with E-state index in [1.165, 1.54) is 6.07 Å². The van der Waals surface area contributed by atoms with E-state index >= 15 is 0 Å². The molecule has 11 nitrogen and oxygen atoms in total. The highest BCUT2D eigenvalue weighted by molar-refractivity contribution is 8.00. The van der Waals surface area contributed by atoms with Crippen molar-refractivity contribution < 1.29 is 42.0 Å². The van der Waals surface area contributed by atoms with E-state index in [-0.39, 0.29) is 36.1 Å². The number of benzene rings is 1. The highest BCUT2D eigenvalue weighted by atomic mass is 32.2. The van der Waals surface area contributed by atoms with E-state index < -0.39 is 31.5 Å². The Hall–Kier alpha value is -2.41. The Morgan fingerprint density at radius 2 is 1.84 bits per heavy atom. The number of phosphoric ester groups is 1. The molecule has 212 valence electrons. The van der Waals surface area contributed by atoms with Gasteiger partial charge in [-0.1, -0.05) is 12.8 Å². The van der Waals surface area contributed by atoms with Gasteiger partial charge in [-0.05, 0) is 43.9 Å². The molecule has 3 rings (SSSR count). The Morgan fingerprint density at radius 3 is 2.58 bits per heavy atom. The van der Waals surface area contributed by atoms with Gasteiger partial charge in [-0.3, -0.25) is 19.4 Å². The fourth-order valence-electron chi connectivity index (χ4n) is 4.41. The van der Waals surface area contributed by atoms with Gasteiger partial charge in [0.1, 0.15) is 5.75 Å². The number of urea groups is 1. The Bertz CT molecular complexity index is 1050. The van der Waals surface area contributed by atoms with E-state index in [4.69, 9.17) is 9.79 Å². The number of carbonyl (C=O) groups excluding carboxylic acids is 3. The molecule has 0 aliphatic carbocycles. The van der Waals surface area contributed by atoms with Crippen LogP contribution >= 0.6 is 19.6 Å². The molecule has 0 aromatic heterocycles. The van der Waals surface area contributed by atoms with E-state index in [1.807, 2.05) is 11.8 Å². The van der Waals surface area contributed by atoms with Crippen LogP contribution in [0.25, 0.3) is 0 Å². The summed E-state index contributed by atoms with van der Waals surface area (Å²) in [4.78, 5) is 53.2. The van der Waals surface area contributed by atoms with E-state index in [0.29, 0.717) is 37.5 Å². The van der Waals surface area contributed by atoms with Gasteiger partial charge in [0.2, 0.25) is 11.8 Å². The van der Waals surface area contributed by atoms with Crippen molar-refractivity contribution in [2.75, 3.05) is 17.6 Å². The van der Waals surface area contributed by atoms with Gasteiger partial charge in [0.15, 0.2) is 0 Å². The lowest BCUT2D eigenvalue weighted by atomic mass is 10.0. The number of nitrogens with one attached hydrogen (secondary N) is 4. The van der Waals surface area contributed by atoms with Crippen molar-refractivity contribution in [2.45, 2.75) is 75.1 Å². The first-order chi connectivity index (χ1) is 18.0. The van der Waals surface area contributed by atoms with Crippen LogP contribution in [0.2, 0.25) is 0 Å². The molecule has 0 bridgehead atoms. The SMILES string of the molecule is O=C(CCCCC1SCC2NC(=O)NC21)NCCCCCC(=O)Nc1ccc(OP(=O)(O)O)c(C(F)F)c1. The van der Waals surface area contributed by atoms with Crippen LogP contribution in [0.15, 0.2) is 18.2 Å². The molecule has 3 unspecified atom stereocenters. The fraction of sp³-hybridized carbons (Fsp3) is 0.609. The van der Waals surface area contributed by atoms with Crippen molar-refractivity contribution in [3.05, 3.63) is 23.8 Å². The van der Waals surface area contributed by atoms with Crippen molar-refractivity contribution in [3.63, 3.8) is 0 Å². The minimum Gasteiger partial charge on any atom is -0.404 e. The van der Waals surface area contributed by atoms with E-state index in [1.54, 1.807) is 0 Å². The number of phosphoric acid groups is 1. The van der Waals surface area contributed by atoms with Crippen molar-refractivity contribution in [1.82, 2.24) is 16.0 Å². The first-order valence-corrected chi connectivity index (χ1v) is 15.0. The Morgan fingerprint density at radius 1 is 1.11 bits per heavy atom. The standard InChI is InChI=1S/C23H33F2N4O7PS/c24-22(25)15-12-14(9-10-17(15)36-37(33,34)35)27-20(31)8-2-1-5-11-26-19(30)7-4-3-6-18-21-16(13-38-18)28-23(32)29-21/h9-10,12,16,18,21-22H,1-8,11,13H2,(H,26,30)(H,27,31)(H2,28,29,32)(H2,33,34,35). The summed E-state index contributed by atoms with van der Waals surface area (Å²) in [6.07, 6.45) is 2.10. The molecular formula is C23H33F2N4O7PS. The summed E-state index contributed by atoms with van der Waals surface area (Å²) in [5, 5.41) is 11.6. The van der Waals surface area contributed by atoms with Crippen molar-refractivity contribution in [1.29, 1.82) is 0 Å². The van der Waals surface area contributed by atoms with Crippen LogP contribution in [-0.2, 0) is 14.2 Å². The van der Waals surface area contributed by atoms with Gasteiger partial charge in [-0.15, -0.1) is 0 Å². The van der Waals surface area contributed by atoms with Gasteiger partial charge in [0.25, 0.3) is 6.43 Å².